The molecule has 0 bridgehead atoms. The van der Waals surface area contributed by atoms with E-state index >= 15 is 0 Å². The number of rotatable bonds is 2. The fourth-order valence-corrected chi connectivity index (χ4v) is 1.87. The van der Waals surface area contributed by atoms with Gasteiger partial charge in [-0.15, -0.1) is 0 Å². The Hall–Kier alpha value is -2.19. The molecule has 2 amide bonds. The van der Waals surface area contributed by atoms with E-state index in [0.29, 0.717) is 5.56 Å². The molecule has 5 nitrogen and oxygen atoms in total. The fourth-order valence-electron chi connectivity index (χ4n) is 1.87. The molecule has 1 fully saturated rings. The third-order valence-corrected chi connectivity index (χ3v) is 2.89. The molecular weight excluding hydrogens is 230 g/mol. The summed E-state index contributed by atoms with van der Waals surface area (Å²) in [6.45, 7) is 2.12. The number of piperazine rings is 1. The first kappa shape index (κ1) is 12.3. The summed E-state index contributed by atoms with van der Waals surface area (Å²) in [5, 5.41) is 11.6. The monoisotopic (exact) mass is 243 g/mol. The molecule has 1 aliphatic heterocycles. The number of hydrogen-bond donors (Lipinski definition) is 1. The van der Waals surface area contributed by atoms with E-state index in [-0.39, 0.29) is 30.9 Å². The van der Waals surface area contributed by atoms with E-state index in [4.69, 9.17) is 5.26 Å². The SMILES string of the molecule is CC1NCC(=O)N(Cc2cccc(C#N)c2)C1=O. The molecule has 1 aromatic carbocycles. The van der Waals surface area contributed by atoms with Gasteiger partial charge < -0.3 is 0 Å². The van der Waals surface area contributed by atoms with Crippen molar-refractivity contribution >= 4 is 11.8 Å². The smallest absolute Gasteiger partial charge is 0.246 e. The molecule has 1 saturated heterocycles. The van der Waals surface area contributed by atoms with Crippen molar-refractivity contribution in [2.45, 2.75) is 19.5 Å². The maximum Gasteiger partial charge on any atom is 0.246 e. The Labute approximate surface area is 105 Å². The first-order valence-electron chi connectivity index (χ1n) is 5.68. The van der Waals surface area contributed by atoms with Gasteiger partial charge in [-0.25, -0.2) is 0 Å². The normalized spacial score (nSPS) is 19.8. The summed E-state index contributed by atoms with van der Waals surface area (Å²) in [6, 6.07) is 8.61. The molecule has 1 atom stereocenters. The van der Waals surface area contributed by atoms with Crippen LogP contribution in [0.25, 0.3) is 0 Å². The second-order valence-corrected chi connectivity index (χ2v) is 4.23. The van der Waals surface area contributed by atoms with Gasteiger partial charge in [0.1, 0.15) is 0 Å². The molecule has 1 unspecified atom stereocenters. The van der Waals surface area contributed by atoms with Gasteiger partial charge in [-0.05, 0) is 24.6 Å². The zero-order chi connectivity index (χ0) is 13.1. The van der Waals surface area contributed by atoms with E-state index in [0.717, 1.165) is 5.56 Å². The highest BCUT2D eigenvalue weighted by Crippen LogP contribution is 2.11. The van der Waals surface area contributed by atoms with Crippen molar-refractivity contribution in [3.63, 3.8) is 0 Å². The van der Waals surface area contributed by atoms with Gasteiger partial charge >= 0.3 is 0 Å². The van der Waals surface area contributed by atoms with Gasteiger partial charge in [0.2, 0.25) is 11.8 Å². The summed E-state index contributed by atoms with van der Waals surface area (Å²) in [6.07, 6.45) is 0. The molecule has 1 N–H and O–H groups in total. The first-order valence-corrected chi connectivity index (χ1v) is 5.68. The number of imide groups is 1. The number of carbonyl (C=O) groups is 2. The van der Waals surface area contributed by atoms with Crippen molar-refractivity contribution in [3.8, 4) is 6.07 Å². The zero-order valence-electron chi connectivity index (χ0n) is 10.0. The van der Waals surface area contributed by atoms with Gasteiger partial charge in [0.25, 0.3) is 0 Å². The van der Waals surface area contributed by atoms with Crippen molar-refractivity contribution in [2.75, 3.05) is 6.54 Å². The van der Waals surface area contributed by atoms with Crippen LogP contribution in [0.4, 0.5) is 0 Å². The molecule has 0 saturated carbocycles. The number of amides is 2. The zero-order valence-corrected chi connectivity index (χ0v) is 10.0. The van der Waals surface area contributed by atoms with Gasteiger partial charge in [0.15, 0.2) is 0 Å². The minimum Gasteiger partial charge on any atom is -0.298 e. The van der Waals surface area contributed by atoms with Crippen LogP contribution < -0.4 is 5.32 Å². The van der Waals surface area contributed by atoms with E-state index in [1.807, 2.05) is 6.07 Å². The van der Waals surface area contributed by atoms with Crippen molar-refractivity contribution < 1.29 is 9.59 Å². The highest BCUT2D eigenvalue weighted by atomic mass is 16.2. The molecule has 92 valence electrons. The molecular formula is C13H13N3O2. The quantitative estimate of drug-likeness (QED) is 0.763. The van der Waals surface area contributed by atoms with Crippen molar-refractivity contribution in [3.05, 3.63) is 35.4 Å². The average molecular weight is 243 g/mol. The molecule has 0 aromatic heterocycles. The van der Waals surface area contributed by atoms with Crippen LogP contribution in [0, 0.1) is 11.3 Å². The van der Waals surface area contributed by atoms with E-state index < -0.39 is 0 Å². The van der Waals surface area contributed by atoms with Crippen LogP contribution in [-0.4, -0.2) is 29.3 Å². The maximum absolute atomic E-state index is 11.9. The number of benzene rings is 1. The summed E-state index contributed by atoms with van der Waals surface area (Å²) in [7, 11) is 0. The van der Waals surface area contributed by atoms with Gasteiger partial charge in [-0.3, -0.25) is 19.8 Å². The summed E-state index contributed by atoms with van der Waals surface area (Å²) in [5.74, 6) is -0.464. The molecule has 1 aromatic rings. The fraction of sp³-hybridized carbons (Fsp3) is 0.308. The Morgan fingerprint density at radius 2 is 2.28 bits per heavy atom. The van der Waals surface area contributed by atoms with Crippen LogP contribution >= 0.6 is 0 Å². The van der Waals surface area contributed by atoms with Gasteiger partial charge in [-0.2, -0.15) is 5.26 Å². The Bertz CT molecular complexity index is 533. The molecule has 0 aliphatic carbocycles. The van der Waals surface area contributed by atoms with E-state index in [1.165, 1.54) is 4.90 Å². The third-order valence-electron chi connectivity index (χ3n) is 2.89. The summed E-state index contributed by atoms with van der Waals surface area (Å²) >= 11 is 0. The maximum atomic E-state index is 11.9. The molecule has 1 aliphatic rings. The minimum atomic E-state index is -0.346. The van der Waals surface area contributed by atoms with Gasteiger partial charge in [0, 0.05) is 0 Å². The number of nitriles is 1. The lowest BCUT2D eigenvalue weighted by molar-refractivity contribution is -0.149. The largest absolute Gasteiger partial charge is 0.298 e. The van der Waals surface area contributed by atoms with Crippen LogP contribution in [0.5, 0.6) is 0 Å². The highest BCUT2D eigenvalue weighted by molar-refractivity contribution is 6.00. The van der Waals surface area contributed by atoms with E-state index in [2.05, 4.69) is 5.32 Å². The Balaban J connectivity index is 2.19. The molecule has 0 radical (unpaired) electrons. The summed E-state index contributed by atoms with van der Waals surface area (Å²) < 4.78 is 0. The Kier molecular flexibility index (Phi) is 3.40. The summed E-state index contributed by atoms with van der Waals surface area (Å²) in [5.41, 5.74) is 1.31. The molecule has 1 heterocycles. The van der Waals surface area contributed by atoms with Crippen molar-refractivity contribution in [1.82, 2.24) is 10.2 Å². The lowest BCUT2D eigenvalue weighted by atomic mass is 10.1. The van der Waals surface area contributed by atoms with Crippen molar-refractivity contribution in [2.24, 2.45) is 0 Å². The molecule has 5 heteroatoms. The van der Waals surface area contributed by atoms with Crippen LogP contribution in [0.1, 0.15) is 18.1 Å². The first-order chi connectivity index (χ1) is 8.61. The van der Waals surface area contributed by atoms with Crippen LogP contribution in [-0.2, 0) is 16.1 Å². The summed E-state index contributed by atoms with van der Waals surface area (Å²) in [4.78, 5) is 24.8. The standard InChI is InChI=1S/C13H13N3O2/c1-9-13(18)16(12(17)7-15-9)8-11-4-2-3-10(5-11)6-14/h2-5,9,15H,7-8H2,1H3. The van der Waals surface area contributed by atoms with E-state index in [1.54, 1.807) is 31.2 Å². The average Bonchev–Trinajstić information content (AvgIpc) is 2.39. The number of hydrogen-bond acceptors (Lipinski definition) is 4. The van der Waals surface area contributed by atoms with Gasteiger partial charge in [0.05, 0.1) is 30.8 Å². The van der Waals surface area contributed by atoms with Crippen LogP contribution in [0.3, 0.4) is 0 Å². The second kappa shape index (κ2) is 4.98. The second-order valence-electron chi connectivity index (χ2n) is 4.23. The van der Waals surface area contributed by atoms with Crippen molar-refractivity contribution in [1.29, 1.82) is 5.26 Å². The van der Waals surface area contributed by atoms with E-state index in [9.17, 15) is 9.59 Å². The molecule has 0 spiro atoms. The number of carbonyl (C=O) groups excluding carboxylic acids is 2. The minimum absolute atomic E-state index is 0.171. The predicted octanol–water partition coefficient (Wildman–Crippen LogP) is 0.405. The van der Waals surface area contributed by atoms with Gasteiger partial charge in [-0.1, -0.05) is 12.1 Å². The molecule has 2 rings (SSSR count). The predicted molar refractivity (Wildman–Crippen MR) is 64.2 cm³/mol. The Morgan fingerprint density at radius 1 is 1.50 bits per heavy atom. The number of nitrogens with one attached hydrogen (secondary N) is 1. The van der Waals surface area contributed by atoms with Crippen LogP contribution in [0.15, 0.2) is 24.3 Å². The van der Waals surface area contributed by atoms with Crippen LogP contribution in [0.2, 0.25) is 0 Å². The topological polar surface area (TPSA) is 73.2 Å². The number of nitrogens with zero attached hydrogens (tertiary/aromatic N) is 2. The third kappa shape index (κ3) is 2.39. The molecule has 18 heavy (non-hydrogen) atoms. The lowest BCUT2D eigenvalue weighted by Crippen LogP contribution is -2.56. The Morgan fingerprint density at radius 3 is 3.00 bits per heavy atom. The highest BCUT2D eigenvalue weighted by Gasteiger charge is 2.30. The lowest BCUT2D eigenvalue weighted by Gasteiger charge is -2.29.